The van der Waals surface area contributed by atoms with Crippen molar-refractivity contribution < 1.29 is 28.6 Å². The number of alkyl carbamates (subject to hydrolysis) is 1. The highest BCUT2D eigenvalue weighted by Crippen LogP contribution is 2.54. The van der Waals surface area contributed by atoms with Crippen LogP contribution in [-0.4, -0.2) is 99.8 Å². The Morgan fingerprint density at radius 3 is 2.46 bits per heavy atom. The summed E-state index contributed by atoms with van der Waals surface area (Å²) in [7, 11) is 3.04. The predicted molar refractivity (Wildman–Crippen MR) is 240 cm³/mol. The summed E-state index contributed by atoms with van der Waals surface area (Å²) in [5.74, 6) is 2.40. The maximum absolute atomic E-state index is 14.5. The van der Waals surface area contributed by atoms with E-state index in [9.17, 15) is 14.4 Å². The second-order valence-electron chi connectivity index (χ2n) is 18.8. The Morgan fingerprint density at radius 2 is 1.68 bits per heavy atom. The summed E-state index contributed by atoms with van der Waals surface area (Å²) in [5, 5.41) is 4.93. The first-order valence-corrected chi connectivity index (χ1v) is 23.0. The number of carbonyl (C=O) groups is 3. The Morgan fingerprint density at radius 1 is 0.889 bits per heavy atom. The molecule has 2 aliphatic carbocycles. The number of nitrogens with zero attached hydrogens (tertiary/aromatic N) is 4. The molecule has 3 unspecified atom stereocenters. The number of ether oxygens (including phenoxy) is 3. The van der Waals surface area contributed by atoms with Crippen molar-refractivity contribution in [1.29, 1.82) is 0 Å². The van der Waals surface area contributed by atoms with Gasteiger partial charge in [-0.05, 0) is 110 Å². The van der Waals surface area contributed by atoms with E-state index in [1.165, 1.54) is 12.7 Å². The second-order valence-corrected chi connectivity index (χ2v) is 18.8. The first-order valence-electron chi connectivity index (χ1n) is 23.0. The summed E-state index contributed by atoms with van der Waals surface area (Å²) in [6.07, 6.45) is 12.0. The summed E-state index contributed by atoms with van der Waals surface area (Å²) in [5.41, 5.74) is 7.36. The summed E-state index contributed by atoms with van der Waals surface area (Å²) >= 11 is 0. The number of aromatic amines is 2. The van der Waals surface area contributed by atoms with Crippen molar-refractivity contribution in [3.63, 3.8) is 0 Å². The third kappa shape index (κ3) is 7.92. The van der Waals surface area contributed by atoms with E-state index in [2.05, 4.69) is 74.8 Å². The molecule has 2 saturated carbocycles. The minimum atomic E-state index is -0.676. The fraction of sp³-hybridized carbons (Fsp3) is 0.500. The largest absolute Gasteiger partial charge is 0.453 e. The van der Waals surface area contributed by atoms with Crippen LogP contribution >= 0.6 is 0 Å². The predicted octanol–water partition coefficient (Wildman–Crippen LogP) is 8.65. The fourth-order valence-electron chi connectivity index (χ4n) is 11.2. The lowest BCUT2D eigenvalue weighted by Crippen LogP contribution is -2.52. The highest BCUT2D eigenvalue weighted by molar-refractivity contribution is 6.05. The zero-order chi connectivity index (χ0) is 43.4. The summed E-state index contributed by atoms with van der Waals surface area (Å²) in [6, 6.07) is 18.8. The van der Waals surface area contributed by atoms with Gasteiger partial charge in [0.05, 0.1) is 61.2 Å². The number of hydrogen-bond donors (Lipinski definition) is 3. The number of likely N-dealkylation sites (tertiary alicyclic amines) is 2. The Balaban J connectivity index is 0.859. The fourth-order valence-corrected chi connectivity index (χ4v) is 11.2. The number of benzene rings is 3. The zero-order valence-corrected chi connectivity index (χ0v) is 36.8. The van der Waals surface area contributed by atoms with Gasteiger partial charge < -0.3 is 39.3 Å². The highest BCUT2D eigenvalue weighted by Gasteiger charge is 2.56. The van der Waals surface area contributed by atoms with E-state index in [0.29, 0.717) is 18.4 Å². The van der Waals surface area contributed by atoms with Crippen molar-refractivity contribution in [3.8, 4) is 22.4 Å². The number of carbonyl (C=O) groups excluding carboxylic acids is 3. The van der Waals surface area contributed by atoms with Gasteiger partial charge in [0.15, 0.2) is 0 Å². The zero-order valence-electron chi connectivity index (χ0n) is 36.8. The van der Waals surface area contributed by atoms with Gasteiger partial charge >= 0.3 is 6.09 Å². The van der Waals surface area contributed by atoms with Crippen molar-refractivity contribution in [3.05, 3.63) is 84.1 Å². The minimum absolute atomic E-state index is 0.0462. The Labute approximate surface area is 368 Å². The van der Waals surface area contributed by atoms with Gasteiger partial charge in [0, 0.05) is 31.2 Å². The van der Waals surface area contributed by atoms with Gasteiger partial charge in [-0.25, -0.2) is 14.8 Å². The molecule has 63 heavy (non-hydrogen) atoms. The van der Waals surface area contributed by atoms with Crippen molar-refractivity contribution in [2.75, 3.05) is 34.0 Å². The molecular weight excluding hydrogens is 795 g/mol. The Hall–Kier alpha value is -5.53. The summed E-state index contributed by atoms with van der Waals surface area (Å²) in [6.45, 7) is 5.97. The molecule has 5 aromatic rings. The average molecular weight is 854 g/mol. The molecule has 10 rings (SSSR count). The minimum Gasteiger partial charge on any atom is -0.453 e. The quantitative estimate of drug-likeness (QED) is 0.0786. The number of aromatic nitrogens is 4. The van der Waals surface area contributed by atoms with Crippen LogP contribution in [0.5, 0.6) is 0 Å². The SMILES string of the molecule is COCCC[C@@H](C=C1CCOCC1)C(=O)N1C(c2ncc(-c3ccc(-c4ccc5c(ccc6nc(C7C[C@H]8C[C@H]8N7C(=O)C(NC(=O)OC)C(C)C)[nH]c65)c4)cc3)[nH]2)[C@H]2CC[C@@H]1C2. The van der Waals surface area contributed by atoms with E-state index >= 15 is 0 Å². The van der Waals surface area contributed by atoms with Gasteiger partial charge in [-0.2, -0.15) is 0 Å². The molecule has 2 aromatic heterocycles. The van der Waals surface area contributed by atoms with Crippen LogP contribution in [0.15, 0.2) is 72.4 Å². The molecule has 13 heteroatoms. The molecule has 2 bridgehead atoms. The van der Waals surface area contributed by atoms with Crippen LogP contribution in [0.2, 0.25) is 0 Å². The number of H-pyrrole nitrogens is 2. The number of methoxy groups -OCH3 is 2. The highest BCUT2D eigenvalue weighted by atomic mass is 16.5. The number of piperidine rings is 2. The summed E-state index contributed by atoms with van der Waals surface area (Å²) < 4.78 is 15.8. The molecule has 3 aromatic carbocycles. The summed E-state index contributed by atoms with van der Waals surface area (Å²) in [4.78, 5) is 62.0. The number of imidazole rings is 2. The molecule has 5 aliphatic rings. The molecule has 330 valence electrons. The molecule has 3 N–H and O–H groups in total. The molecular formula is C50H59N7O6. The van der Waals surface area contributed by atoms with Crippen LogP contribution < -0.4 is 5.32 Å². The topological polar surface area (TPSA) is 155 Å². The normalized spacial score (nSPS) is 24.9. The van der Waals surface area contributed by atoms with Gasteiger partial charge in [-0.1, -0.05) is 68.0 Å². The Bertz CT molecular complexity index is 2540. The van der Waals surface area contributed by atoms with Crippen molar-refractivity contribution in [2.45, 2.75) is 102 Å². The number of nitrogens with one attached hydrogen (secondary N) is 3. The molecule has 0 radical (unpaired) electrons. The maximum atomic E-state index is 14.5. The number of hydrogen-bond acceptors (Lipinski definition) is 8. The Kier molecular flexibility index (Phi) is 11.3. The van der Waals surface area contributed by atoms with E-state index in [1.54, 1.807) is 7.11 Å². The van der Waals surface area contributed by atoms with Crippen LogP contribution in [0.25, 0.3) is 44.2 Å². The smallest absolute Gasteiger partial charge is 0.407 e. The molecule has 3 amide bonds. The van der Waals surface area contributed by atoms with Crippen LogP contribution in [0.3, 0.4) is 0 Å². The number of rotatable bonds is 13. The van der Waals surface area contributed by atoms with Crippen LogP contribution in [-0.2, 0) is 23.8 Å². The van der Waals surface area contributed by atoms with Gasteiger partial charge in [0.1, 0.15) is 17.7 Å². The standard InChI is InChI=1S/C50H59N7O6/c1-28(2)43(55-50(60)62-4)49(59)57-41-25-36(41)26-42(57)46-52-39-16-13-33-23-32(12-15-38(33)44(39)54-46)30-7-9-31(10-8-30)40-27-51-47(53-40)45-34-11-14-37(24-34)56(45)48(58)35(6-5-19-61-3)22-29-17-20-63-21-18-29/h7-10,12-13,15-16,22-23,27-28,34-37,41-43,45H,5-6,11,14,17-21,24-26H2,1-4H3,(H,51,53)(H,52,54)(H,55,60)/t34-,35-,36+,37+,41+,42?,43?,45?/m0/s1. The average Bonchev–Trinajstić information content (AvgIpc) is 3.93. The van der Waals surface area contributed by atoms with Gasteiger partial charge in [-0.3, -0.25) is 9.59 Å². The first kappa shape index (κ1) is 41.5. The van der Waals surface area contributed by atoms with Crippen LogP contribution in [0.4, 0.5) is 4.79 Å². The third-order valence-corrected chi connectivity index (χ3v) is 14.6. The molecule has 3 aliphatic heterocycles. The van der Waals surface area contributed by atoms with Crippen LogP contribution in [0.1, 0.15) is 95.4 Å². The third-order valence-electron chi connectivity index (χ3n) is 14.6. The second kappa shape index (κ2) is 17.2. The molecule has 5 fully saturated rings. The van der Waals surface area contributed by atoms with Gasteiger partial charge in [0.2, 0.25) is 11.8 Å². The van der Waals surface area contributed by atoms with E-state index < -0.39 is 12.1 Å². The van der Waals surface area contributed by atoms with E-state index in [0.717, 1.165) is 127 Å². The molecule has 8 atom stereocenters. The molecule has 13 nitrogen and oxygen atoms in total. The molecule has 3 saturated heterocycles. The number of fused-ring (bicyclic) bond motifs is 6. The molecule has 5 heterocycles. The van der Waals surface area contributed by atoms with E-state index in [-0.39, 0.29) is 47.8 Å². The first-order chi connectivity index (χ1) is 30.7. The number of amides is 3. The van der Waals surface area contributed by atoms with Crippen molar-refractivity contribution in [2.24, 2.45) is 23.7 Å². The van der Waals surface area contributed by atoms with Gasteiger partial charge in [-0.15, -0.1) is 0 Å². The van der Waals surface area contributed by atoms with Gasteiger partial charge in [0.25, 0.3) is 0 Å². The van der Waals surface area contributed by atoms with E-state index in [1.807, 2.05) is 31.0 Å². The lowest BCUT2D eigenvalue weighted by molar-refractivity contribution is -0.139. The van der Waals surface area contributed by atoms with Crippen LogP contribution in [0, 0.1) is 23.7 Å². The van der Waals surface area contributed by atoms with Crippen molar-refractivity contribution >= 4 is 39.7 Å². The monoisotopic (exact) mass is 853 g/mol. The lowest BCUT2D eigenvalue weighted by atomic mass is 9.92. The van der Waals surface area contributed by atoms with Crippen molar-refractivity contribution in [1.82, 2.24) is 35.1 Å². The lowest BCUT2D eigenvalue weighted by Gasteiger charge is -2.36. The molecule has 0 spiro atoms. The maximum Gasteiger partial charge on any atom is 0.407 e. The van der Waals surface area contributed by atoms with E-state index in [4.69, 9.17) is 24.2 Å².